The molecule has 3 aromatic carbocycles. The second-order valence-corrected chi connectivity index (χ2v) is 7.95. The van der Waals surface area contributed by atoms with Crippen LogP contribution in [0.2, 0.25) is 10.0 Å². The Kier molecular flexibility index (Phi) is 7.38. The predicted octanol–water partition coefficient (Wildman–Crippen LogP) is 6.44. The van der Waals surface area contributed by atoms with Crippen LogP contribution in [0.25, 0.3) is 0 Å². The average molecular weight is 414 g/mol. The van der Waals surface area contributed by atoms with E-state index in [0.717, 1.165) is 28.9 Å². The Hall–Kier alpha value is -2.00. The first kappa shape index (κ1) is 20.7. The van der Waals surface area contributed by atoms with Crippen molar-refractivity contribution in [3.63, 3.8) is 0 Å². The zero-order chi connectivity index (χ0) is 19.9. The van der Waals surface area contributed by atoms with Crippen LogP contribution in [0.3, 0.4) is 0 Å². The Morgan fingerprint density at radius 1 is 0.786 bits per heavy atom. The molecular formula is C24H25Cl2NO. The molecule has 0 heterocycles. The van der Waals surface area contributed by atoms with E-state index in [4.69, 9.17) is 27.9 Å². The van der Waals surface area contributed by atoms with Crippen molar-refractivity contribution in [1.82, 2.24) is 4.90 Å². The minimum atomic E-state index is 0.235. The van der Waals surface area contributed by atoms with E-state index in [2.05, 4.69) is 55.3 Å². The van der Waals surface area contributed by atoms with Crippen LogP contribution in [-0.4, -0.2) is 31.6 Å². The normalized spacial score (nSPS) is 11.2. The van der Waals surface area contributed by atoms with E-state index in [1.165, 1.54) is 16.7 Å². The van der Waals surface area contributed by atoms with Crippen molar-refractivity contribution in [2.45, 2.75) is 12.8 Å². The molecule has 2 nitrogen and oxygen atoms in total. The Labute approximate surface area is 177 Å². The lowest BCUT2D eigenvalue weighted by Crippen LogP contribution is -2.29. The maximum Gasteiger partial charge on any atom is 0.119 e. The van der Waals surface area contributed by atoms with E-state index < -0.39 is 0 Å². The van der Waals surface area contributed by atoms with Gasteiger partial charge in [0.25, 0.3) is 0 Å². The maximum absolute atomic E-state index is 6.08. The summed E-state index contributed by atoms with van der Waals surface area (Å²) in [5.41, 5.74) is 3.70. The van der Waals surface area contributed by atoms with Gasteiger partial charge in [0.2, 0.25) is 0 Å². The van der Waals surface area contributed by atoms with Crippen LogP contribution >= 0.6 is 23.2 Å². The third-order valence-electron chi connectivity index (χ3n) is 4.80. The smallest absolute Gasteiger partial charge is 0.119 e. The molecule has 3 aromatic rings. The van der Waals surface area contributed by atoms with Gasteiger partial charge in [-0.1, -0.05) is 65.2 Å². The molecule has 0 N–H and O–H groups in total. The quantitative estimate of drug-likeness (QED) is 0.420. The van der Waals surface area contributed by atoms with Gasteiger partial charge in [-0.15, -0.1) is 0 Å². The van der Waals surface area contributed by atoms with Gasteiger partial charge in [0.15, 0.2) is 0 Å². The molecule has 28 heavy (non-hydrogen) atoms. The van der Waals surface area contributed by atoms with Gasteiger partial charge in [-0.05, 0) is 61.5 Å². The first-order chi connectivity index (χ1) is 13.5. The summed E-state index contributed by atoms with van der Waals surface area (Å²) in [6, 6.07) is 24.3. The summed E-state index contributed by atoms with van der Waals surface area (Å²) in [7, 11) is 2.12. The summed E-state index contributed by atoms with van der Waals surface area (Å²) >= 11 is 12.2. The molecule has 0 spiro atoms. The van der Waals surface area contributed by atoms with Crippen molar-refractivity contribution < 1.29 is 4.74 Å². The molecule has 0 unspecified atom stereocenters. The number of ether oxygens (including phenoxy) is 1. The second-order valence-electron chi connectivity index (χ2n) is 7.08. The molecule has 0 saturated carbocycles. The third-order valence-corrected chi connectivity index (χ3v) is 5.31. The molecule has 0 aliphatic carbocycles. The van der Waals surface area contributed by atoms with E-state index in [-0.39, 0.29) is 5.92 Å². The van der Waals surface area contributed by atoms with Crippen LogP contribution in [0, 0.1) is 6.92 Å². The molecule has 0 fully saturated rings. The maximum atomic E-state index is 6.08. The van der Waals surface area contributed by atoms with Crippen LogP contribution < -0.4 is 4.74 Å². The van der Waals surface area contributed by atoms with Gasteiger partial charge in [0, 0.05) is 29.1 Å². The van der Waals surface area contributed by atoms with Crippen LogP contribution in [0.1, 0.15) is 22.6 Å². The molecule has 0 aromatic heterocycles. The summed E-state index contributed by atoms with van der Waals surface area (Å²) < 4.78 is 5.88. The Morgan fingerprint density at radius 2 is 1.29 bits per heavy atom. The minimum Gasteiger partial charge on any atom is -0.492 e. The monoisotopic (exact) mass is 413 g/mol. The highest BCUT2D eigenvalue weighted by Crippen LogP contribution is 2.28. The first-order valence-corrected chi connectivity index (χ1v) is 10.2. The molecular weight excluding hydrogens is 389 g/mol. The summed E-state index contributed by atoms with van der Waals surface area (Å²) in [4.78, 5) is 2.29. The SMILES string of the molecule is Cc1ccc(OCCN(C)CC(c2ccc(Cl)cc2)c2ccc(Cl)cc2)cc1. The zero-order valence-corrected chi connectivity index (χ0v) is 17.8. The lowest BCUT2D eigenvalue weighted by molar-refractivity contribution is 0.233. The number of benzene rings is 3. The van der Waals surface area contributed by atoms with Gasteiger partial charge in [-0.3, -0.25) is 0 Å². The average Bonchev–Trinajstić information content (AvgIpc) is 2.69. The van der Waals surface area contributed by atoms with Crippen molar-refractivity contribution in [3.05, 3.63) is 99.5 Å². The number of likely N-dealkylation sites (N-methyl/N-ethyl adjacent to an activating group) is 1. The number of aryl methyl sites for hydroxylation is 1. The van der Waals surface area contributed by atoms with Crippen molar-refractivity contribution in [2.75, 3.05) is 26.7 Å². The minimum absolute atomic E-state index is 0.235. The second kappa shape index (κ2) is 9.97. The number of nitrogens with zero attached hydrogens (tertiary/aromatic N) is 1. The zero-order valence-electron chi connectivity index (χ0n) is 16.2. The Bertz CT molecular complexity index is 815. The fourth-order valence-corrected chi connectivity index (χ4v) is 3.40. The predicted molar refractivity (Wildman–Crippen MR) is 119 cm³/mol. The van der Waals surface area contributed by atoms with E-state index >= 15 is 0 Å². The number of halogens is 2. The summed E-state index contributed by atoms with van der Waals surface area (Å²) in [6.07, 6.45) is 0. The Balaban J connectivity index is 1.65. The highest BCUT2D eigenvalue weighted by Gasteiger charge is 2.17. The largest absolute Gasteiger partial charge is 0.492 e. The van der Waals surface area contributed by atoms with Gasteiger partial charge < -0.3 is 9.64 Å². The van der Waals surface area contributed by atoms with Gasteiger partial charge >= 0.3 is 0 Å². The van der Waals surface area contributed by atoms with Crippen molar-refractivity contribution in [2.24, 2.45) is 0 Å². The fourth-order valence-electron chi connectivity index (χ4n) is 3.15. The molecule has 0 aliphatic rings. The van der Waals surface area contributed by atoms with Gasteiger partial charge in [-0.2, -0.15) is 0 Å². The summed E-state index contributed by atoms with van der Waals surface area (Å²) in [6.45, 7) is 4.44. The highest BCUT2D eigenvalue weighted by atomic mass is 35.5. The summed E-state index contributed by atoms with van der Waals surface area (Å²) in [5.74, 6) is 1.14. The standard InChI is InChI=1S/C24H25Cl2NO/c1-18-3-13-23(14-4-18)28-16-15-27(2)17-24(19-5-9-21(25)10-6-19)20-7-11-22(26)12-8-20/h3-14,24H,15-17H2,1-2H3. The van der Waals surface area contributed by atoms with E-state index in [1.54, 1.807) is 0 Å². The van der Waals surface area contributed by atoms with Crippen LogP contribution in [0.5, 0.6) is 5.75 Å². The van der Waals surface area contributed by atoms with E-state index in [1.807, 2.05) is 36.4 Å². The van der Waals surface area contributed by atoms with Crippen molar-refractivity contribution >= 4 is 23.2 Å². The van der Waals surface area contributed by atoms with Gasteiger partial charge in [-0.25, -0.2) is 0 Å². The third kappa shape index (κ3) is 6.00. The molecule has 4 heteroatoms. The lowest BCUT2D eigenvalue weighted by Gasteiger charge is -2.25. The molecule has 0 saturated heterocycles. The lowest BCUT2D eigenvalue weighted by atomic mass is 9.91. The topological polar surface area (TPSA) is 12.5 Å². The fraction of sp³-hybridized carbons (Fsp3) is 0.250. The molecule has 0 radical (unpaired) electrons. The molecule has 0 atom stereocenters. The number of rotatable bonds is 8. The van der Waals surface area contributed by atoms with Crippen molar-refractivity contribution in [3.8, 4) is 5.75 Å². The number of hydrogen-bond donors (Lipinski definition) is 0. The van der Waals surface area contributed by atoms with Crippen LogP contribution in [-0.2, 0) is 0 Å². The molecule has 0 aliphatic heterocycles. The summed E-state index contributed by atoms with van der Waals surface area (Å²) in [5, 5.41) is 1.50. The molecule has 3 rings (SSSR count). The molecule has 0 bridgehead atoms. The van der Waals surface area contributed by atoms with Gasteiger partial charge in [0.05, 0.1) is 0 Å². The van der Waals surface area contributed by atoms with Gasteiger partial charge in [0.1, 0.15) is 12.4 Å². The molecule has 0 amide bonds. The molecule has 146 valence electrons. The Morgan fingerprint density at radius 3 is 1.79 bits per heavy atom. The first-order valence-electron chi connectivity index (χ1n) is 9.40. The van der Waals surface area contributed by atoms with Crippen LogP contribution in [0.4, 0.5) is 0 Å². The van der Waals surface area contributed by atoms with E-state index in [9.17, 15) is 0 Å². The number of hydrogen-bond acceptors (Lipinski definition) is 2. The van der Waals surface area contributed by atoms with Crippen LogP contribution in [0.15, 0.2) is 72.8 Å². The van der Waals surface area contributed by atoms with Crippen molar-refractivity contribution in [1.29, 1.82) is 0 Å². The van der Waals surface area contributed by atoms with E-state index in [0.29, 0.717) is 6.61 Å². The highest BCUT2D eigenvalue weighted by molar-refractivity contribution is 6.30.